The molecule has 1 saturated heterocycles. The fourth-order valence-electron chi connectivity index (χ4n) is 3.63. The van der Waals surface area contributed by atoms with Crippen LogP contribution in [0.3, 0.4) is 0 Å². The van der Waals surface area contributed by atoms with Crippen LogP contribution in [0.1, 0.15) is 28.8 Å². The van der Waals surface area contributed by atoms with E-state index in [2.05, 4.69) is 20.3 Å². The highest BCUT2D eigenvalue weighted by Gasteiger charge is 2.25. The third-order valence-electron chi connectivity index (χ3n) is 5.24. The van der Waals surface area contributed by atoms with Crippen LogP contribution in [-0.4, -0.2) is 38.8 Å². The molecule has 4 rings (SSSR count). The first-order valence-electron chi connectivity index (χ1n) is 9.81. The van der Waals surface area contributed by atoms with Gasteiger partial charge in [0.05, 0.1) is 16.8 Å². The Hall–Kier alpha value is -3.06. The van der Waals surface area contributed by atoms with E-state index in [1.54, 1.807) is 24.7 Å². The fraction of sp³-hybridized carbons (Fsp3) is 0.273. The summed E-state index contributed by atoms with van der Waals surface area (Å²) < 4.78 is 13.1. The molecule has 30 heavy (non-hydrogen) atoms. The monoisotopic (exact) mass is 425 g/mol. The van der Waals surface area contributed by atoms with Crippen molar-refractivity contribution in [2.45, 2.75) is 19.3 Å². The average molecular weight is 426 g/mol. The summed E-state index contributed by atoms with van der Waals surface area (Å²) in [5.41, 5.74) is 1.54. The molecule has 1 N–H and O–H groups in total. The molecule has 1 amide bonds. The molecule has 0 spiro atoms. The highest BCUT2D eigenvalue weighted by atomic mass is 35.5. The third kappa shape index (κ3) is 4.91. The number of anilines is 2. The van der Waals surface area contributed by atoms with E-state index in [4.69, 9.17) is 11.6 Å². The van der Waals surface area contributed by atoms with Gasteiger partial charge in [0, 0.05) is 31.7 Å². The Labute approximate surface area is 179 Å². The normalized spacial score (nSPS) is 14.5. The molecule has 0 radical (unpaired) electrons. The maximum atomic E-state index is 13.1. The molecular formula is C22H21ClFN5O. The lowest BCUT2D eigenvalue weighted by atomic mass is 9.90. The summed E-state index contributed by atoms with van der Waals surface area (Å²) in [7, 11) is 0. The molecule has 0 bridgehead atoms. The zero-order valence-electron chi connectivity index (χ0n) is 16.3. The quantitative estimate of drug-likeness (QED) is 0.651. The average Bonchev–Trinajstić information content (AvgIpc) is 2.77. The number of piperidine rings is 1. The Kier molecular flexibility index (Phi) is 6.18. The number of likely N-dealkylation sites (tertiary alicyclic amines) is 1. The van der Waals surface area contributed by atoms with E-state index in [1.807, 2.05) is 17.0 Å². The van der Waals surface area contributed by atoms with Crippen molar-refractivity contribution in [1.29, 1.82) is 0 Å². The predicted octanol–water partition coefficient (Wildman–Crippen LogP) is 4.50. The lowest BCUT2D eigenvalue weighted by Gasteiger charge is -2.32. The minimum absolute atomic E-state index is 0.107. The molecule has 8 heteroatoms. The number of pyridine rings is 1. The molecule has 3 aromatic rings. The van der Waals surface area contributed by atoms with Gasteiger partial charge in [-0.25, -0.2) is 14.4 Å². The standard InChI is InChI=1S/C22H21ClFN5O/c23-19-13-27-20(28-21-14-25-7-8-26-21)12-18(19)22(30)29-9-5-16(6-10-29)11-15-1-3-17(24)4-2-15/h1-4,7-8,12-14,16H,5-6,9-11H2,(H,26,27,28). The van der Waals surface area contributed by atoms with Gasteiger partial charge >= 0.3 is 0 Å². The number of nitrogens with one attached hydrogen (secondary N) is 1. The maximum absolute atomic E-state index is 13.1. The van der Waals surface area contributed by atoms with E-state index >= 15 is 0 Å². The minimum atomic E-state index is -0.221. The number of halogens is 2. The molecule has 0 unspecified atom stereocenters. The second-order valence-electron chi connectivity index (χ2n) is 7.33. The Balaban J connectivity index is 1.38. The van der Waals surface area contributed by atoms with Crippen LogP contribution in [0, 0.1) is 11.7 Å². The lowest BCUT2D eigenvalue weighted by Crippen LogP contribution is -2.39. The molecule has 3 heterocycles. The van der Waals surface area contributed by atoms with Gasteiger partial charge in [0.25, 0.3) is 5.91 Å². The molecule has 0 atom stereocenters. The van der Waals surface area contributed by atoms with Gasteiger partial charge in [-0.05, 0) is 48.9 Å². The van der Waals surface area contributed by atoms with Gasteiger partial charge in [-0.1, -0.05) is 23.7 Å². The number of hydrogen-bond donors (Lipinski definition) is 1. The fourth-order valence-corrected chi connectivity index (χ4v) is 3.81. The van der Waals surface area contributed by atoms with E-state index in [-0.39, 0.29) is 11.7 Å². The second-order valence-corrected chi connectivity index (χ2v) is 7.74. The first-order valence-corrected chi connectivity index (χ1v) is 10.2. The van der Waals surface area contributed by atoms with Crippen molar-refractivity contribution in [3.05, 3.63) is 77.1 Å². The van der Waals surface area contributed by atoms with Gasteiger partial charge < -0.3 is 10.2 Å². The molecule has 0 aliphatic carbocycles. The van der Waals surface area contributed by atoms with E-state index in [9.17, 15) is 9.18 Å². The van der Waals surface area contributed by atoms with Crippen LogP contribution < -0.4 is 5.32 Å². The Morgan fingerprint density at radius 1 is 1.10 bits per heavy atom. The first-order chi connectivity index (χ1) is 14.6. The topological polar surface area (TPSA) is 71.0 Å². The number of rotatable bonds is 5. The Morgan fingerprint density at radius 3 is 2.57 bits per heavy atom. The summed E-state index contributed by atoms with van der Waals surface area (Å²) >= 11 is 6.27. The van der Waals surface area contributed by atoms with E-state index in [0.717, 1.165) is 24.8 Å². The maximum Gasteiger partial charge on any atom is 0.255 e. The van der Waals surface area contributed by atoms with Crippen molar-refractivity contribution >= 4 is 29.1 Å². The van der Waals surface area contributed by atoms with Crippen molar-refractivity contribution in [1.82, 2.24) is 19.9 Å². The highest BCUT2D eigenvalue weighted by Crippen LogP contribution is 2.26. The third-order valence-corrected chi connectivity index (χ3v) is 5.55. The summed E-state index contributed by atoms with van der Waals surface area (Å²) in [6, 6.07) is 8.28. The Morgan fingerprint density at radius 2 is 1.87 bits per heavy atom. The van der Waals surface area contributed by atoms with Crippen LogP contribution in [0.2, 0.25) is 5.02 Å². The van der Waals surface area contributed by atoms with Crippen molar-refractivity contribution in [3.8, 4) is 0 Å². The van der Waals surface area contributed by atoms with Crippen LogP contribution in [-0.2, 0) is 6.42 Å². The van der Waals surface area contributed by atoms with E-state index < -0.39 is 0 Å². The largest absolute Gasteiger partial charge is 0.339 e. The molecule has 154 valence electrons. The molecule has 2 aromatic heterocycles. The number of nitrogens with zero attached hydrogens (tertiary/aromatic N) is 4. The molecule has 1 aromatic carbocycles. The highest BCUT2D eigenvalue weighted by molar-refractivity contribution is 6.33. The van der Waals surface area contributed by atoms with Crippen molar-refractivity contribution < 1.29 is 9.18 Å². The summed E-state index contributed by atoms with van der Waals surface area (Å²) in [5.74, 6) is 1.16. The van der Waals surface area contributed by atoms with Crippen molar-refractivity contribution in [2.24, 2.45) is 5.92 Å². The van der Waals surface area contributed by atoms with Crippen LogP contribution in [0.25, 0.3) is 0 Å². The second kappa shape index (κ2) is 9.17. The van der Waals surface area contributed by atoms with Gasteiger partial charge in [-0.15, -0.1) is 0 Å². The SMILES string of the molecule is O=C(c1cc(Nc2cnccn2)ncc1Cl)N1CCC(Cc2ccc(F)cc2)CC1. The molecule has 1 aliphatic heterocycles. The number of amides is 1. The minimum Gasteiger partial charge on any atom is -0.339 e. The summed E-state index contributed by atoms with van der Waals surface area (Å²) in [6.07, 6.45) is 8.88. The molecule has 0 saturated carbocycles. The van der Waals surface area contributed by atoms with Gasteiger partial charge in [-0.2, -0.15) is 0 Å². The number of carbonyl (C=O) groups is 1. The number of carbonyl (C=O) groups excluding carboxylic acids is 1. The summed E-state index contributed by atoms with van der Waals surface area (Å²) in [6.45, 7) is 1.33. The zero-order chi connectivity index (χ0) is 20.9. The number of benzene rings is 1. The van der Waals surface area contributed by atoms with Crippen LogP contribution in [0.15, 0.2) is 55.1 Å². The number of hydrogen-bond acceptors (Lipinski definition) is 5. The smallest absolute Gasteiger partial charge is 0.255 e. The van der Waals surface area contributed by atoms with E-state index in [0.29, 0.717) is 41.2 Å². The number of aromatic nitrogens is 3. The van der Waals surface area contributed by atoms with E-state index in [1.165, 1.54) is 18.3 Å². The Bertz CT molecular complexity index is 1010. The van der Waals surface area contributed by atoms with Crippen molar-refractivity contribution in [2.75, 3.05) is 18.4 Å². The van der Waals surface area contributed by atoms with Gasteiger partial charge in [0.15, 0.2) is 0 Å². The van der Waals surface area contributed by atoms with Gasteiger partial charge in [0.1, 0.15) is 17.5 Å². The molecule has 6 nitrogen and oxygen atoms in total. The van der Waals surface area contributed by atoms with Gasteiger partial charge in [-0.3, -0.25) is 9.78 Å². The van der Waals surface area contributed by atoms with Crippen LogP contribution >= 0.6 is 11.6 Å². The van der Waals surface area contributed by atoms with Gasteiger partial charge in [0.2, 0.25) is 0 Å². The van der Waals surface area contributed by atoms with Crippen LogP contribution in [0.5, 0.6) is 0 Å². The lowest BCUT2D eigenvalue weighted by molar-refractivity contribution is 0.0690. The van der Waals surface area contributed by atoms with Crippen LogP contribution in [0.4, 0.5) is 16.0 Å². The summed E-state index contributed by atoms with van der Waals surface area (Å²) in [5, 5.41) is 3.34. The predicted molar refractivity (Wildman–Crippen MR) is 113 cm³/mol. The molecule has 1 aliphatic rings. The zero-order valence-corrected chi connectivity index (χ0v) is 17.0. The first kappa shape index (κ1) is 20.2. The molecule has 1 fully saturated rings. The van der Waals surface area contributed by atoms with Crippen molar-refractivity contribution in [3.63, 3.8) is 0 Å². The molecular weight excluding hydrogens is 405 g/mol. The summed E-state index contributed by atoms with van der Waals surface area (Å²) in [4.78, 5) is 27.2.